The van der Waals surface area contributed by atoms with Gasteiger partial charge in [0.15, 0.2) is 0 Å². The molecule has 0 aliphatic carbocycles. The summed E-state index contributed by atoms with van der Waals surface area (Å²) in [6, 6.07) is -0.274. The zero-order valence-corrected chi connectivity index (χ0v) is 4.64. The van der Waals surface area contributed by atoms with Gasteiger partial charge in [0.05, 0.1) is 0 Å². The molecule has 0 saturated heterocycles. The van der Waals surface area contributed by atoms with Gasteiger partial charge in [-0.1, -0.05) is 6.08 Å². The van der Waals surface area contributed by atoms with E-state index >= 15 is 0 Å². The Morgan fingerprint density at radius 1 is 1.38 bits per heavy atom. The van der Waals surface area contributed by atoms with Crippen molar-refractivity contribution in [1.29, 1.82) is 0 Å². The van der Waals surface area contributed by atoms with Crippen LogP contribution in [0.5, 0.6) is 0 Å². The fourth-order valence-corrected chi connectivity index (χ4v) is 0.259. The van der Waals surface area contributed by atoms with Gasteiger partial charge in [0, 0.05) is 6.04 Å². The minimum absolute atomic E-state index is 0.274. The summed E-state index contributed by atoms with van der Waals surface area (Å²) in [5.41, 5.74) is 5.12. The van der Waals surface area contributed by atoms with E-state index in [2.05, 4.69) is 0 Å². The Morgan fingerprint density at radius 3 is 2.00 bits per heavy atom. The molecule has 2 N–H and O–H groups in total. The molecule has 0 aliphatic rings. The number of hydrogen-bond donors (Lipinski definition) is 1. The van der Waals surface area contributed by atoms with Crippen molar-refractivity contribution in [2.24, 2.45) is 5.73 Å². The van der Waals surface area contributed by atoms with Crippen LogP contribution in [0.4, 0.5) is 8.78 Å². The van der Waals surface area contributed by atoms with Gasteiger partial charge in [0.1, 0.15) is 0 Å². The quantitative estimate of drug-likeness (QED) is 0.545. The Kier molecular flexibility index (Phi) is 3.35. The molecule has 3 heteroatoms. The van der Waals surface area contributed by atoms with Crippen LogP contribution >= 0.6 is 0 Å². The predicted molar refractivity (Wildman–Crippen MR) is 28.8 cm³/mol. The smallest absolute Gasteiger partial charge is 0.257 e. The van der Waals surface area contributed by atoms with E-state index in [1.54, 1.807) is 6.92 Å². The van der Waals surface area contributed by atoms with E-state index in [9.17, 15) is 8.78 Å². The Bertz CT molecular complexity index is 68.5. The van der Waals surface area contributed by atoms with E-state index < -0.39 is 6.43 Å². The summed E-state index contributed by atoms with van der Waals surface area (Å²) >= 11 is 0. The van der Waals surface area contributed by atoms with Gasteiger partial charge >= 0.3 is 0 Å². The molecule has 0 amide bonds. The zero-order valence-electron chi connectivity index (χ0n) is 4.64. The normalized spacial score (nSPS) is 15.6. The van der Waals surface area contributed by atoms with E-state index in [0.29, 0.717) is 0 Å². The largest absolute Gasteiger partial charge is 0.325 e. The minimum atomic E-state index is -2.37. The van der Waals surface area contributed by atoms with E-state index in [1.807, 2.05) is 0 Å². The lowest BCUT2D eigenvalue weighted by Gasteiger charge is -1.92. The first-order valence-electron chi connectivity index (χ1n) is 2.35. The molecule has 0 rings (SSSR count). The summed E-state index contributed by atoms with van der Waals surface area (Å²) in [6.07, 6.45) is -0.323. The van der Waals surface area contributed by atoms with E-state index in [4.69, 9.17) is 5.73 Å². The number of hydrogen-bond acceptors (Lipinski definition) is 1. The van der Waals surface area contributed by atoms with Crippen molar-refractivity contribution < 1.29 is 8.78 Å². The van der Waals surface area contributed by atoms with Gasteiger partial charge < -0.3 is 5.73 Å². The number of rotatable bonds is 2. The molecule has 0 aromatic carbocycles. The Morgan fingerprint density at radius 2 is 1.88 bits per heavy atom. The van der Waals surface area contributed by atoms with Crippen molar-refractivity contribution in [3.05, 3.63) is 12.2 Å². The number of alkyl halides is 2. The predicted octanol–water partition coefficient (Wildman–Crippen LogP) is 1.15. The maximum Gasteiger partial charge on any atom is 0.257 e. The standard InChI is InChI=1S/C5H9F2N/c1-4(8)2-3-5(6)7/h2-5H,8H2,1H3/b3-2+. The molecule has 8 heavy (non-hydrogen) atoms. The maximum atomic E-state index is 11.3. The van der Waals surface area contributed by atoms with Gasteiger partial charge in [0.25, 0.3) is 6.43 Å². The number of allylic oxidation sites excluding steroid dienone is 1. The van der Waals surface area contributed by atoms with Crippen molar-refractivity contribution in [2.45, 2.75) is 19.4 Å². The van der Waals surface area contributed by atoms with Crippen LogP contribution in [0.25, 0.3) is 0 Å². The number of nitrogens with two attached hydrogens (primary N) is 1. The van der Waals surface area contributed by atoms with Crippen molar-refractivity contribution in [2.75, 3.05) is 0 Å². The van der Waals surface area contributed by atoms with Gasteiger partial charge in [-0.2, -0.15) is 0 Å². The fraction of sp³-hybridized carbons (Fsp3) is 0.600. The first-order chi connectivity index (χ1) is 3.63. The van der Waals surface area contributed by atoms with Crippen LogP contribution < -0.4 is 5.73 Å². The van der Waals surface area contributed by atoms with Crippen LogP contribution in [0, 0.1) is 0 Å². The van der Waals surface area contributed by atoms with Gasteiger partial charge in [-0.05, 0) is 13.0 Å². The van der Waals surface area contributed by atoms with Crippen molar-refractivity contribution in [3.63, 3.8) is 0 Å². The van der Waals surface area contributed by atoms with Crippen LogP contribution in [0.1, 0.15) is 6.92 Å². The lowest BCUT2D eigenvalue weighted by atomic mass is 10.3. The van der Waals surface area contributed by atoms with Gasteiger partial charge in [-0.15, -0.1) is 0 Å². The molecule has 0 aliphatic heterocycles. The molecule has 0 aromatic rings. The number of halogens is 2. The van der Waals surface area contributed by atoms with Gasteiger partial charge in [-0.3, -0.25) is 0 Å². The molecule has 0 spiro atoms. The third-order valence-electron chi connectivity index (χ3n) is 0.560. The summed E-state index contributed by atoms with van der Waals surface area (Å²) in [7, 11) is 0. The molecule has 0 aromatic heterocycles. The molecule has 0 fully saturated rings. The average Bonchev–Trinajstić information content (AvgIpc) is 1.61. The molecular weight excluding hydrogens is 112 g/mol. The SMILES string of the molecule is CC(N)/C=C/C(F)F. The van der Waals surface area contributed by atoms with Crippen molar-refractivity contribution in [3.8, 4) is 0 Å². The minimum Gasteiger partial charge on any atom is -0.325 e. The molecule has 0 saturated carbocycles. The highest BCUT2D eigenvalue weighted by Crippen LogP contribution is 1.93. The van der Waals surface area contributed by atoms with Crippen LogP contribution in [0.3, 0.4) is 0 Å². The van der Waals surface area contributed by atoms with E-state index in [1.165, 1.54) is 6.08 Å². The summed E-state index contributed by atoms with van der Waals surface area (Å²) in [5, 5.41) is 0. The molecule has 0 radical (unpaired) electrons. The lowest BCUT2D eigenvalue weighted by Crippen LogP contribution is -2.10. The second-order valence-electron chi connectivity index (χ2n) is 1.58. The third kappa shape index (κ3) is 5.56. The van der Waals surface area contributed by atoms with E-state index in [0.717, 1.165) is 6.08 Å². The van der Waals surface area contributed by atoms with Crippen molar-refractivity contribution >= 4 is 0 Å². The first-order valence-corrected chi connectivity index (χ1v) is 2.35. The molecule has 1 nitrogen and oxygen atoms in total. The molecule has 0 heterocycles. The fourth-order valence-electron chi connectivity index (χ4n) is 0.259. The molecule has 0 bridgehead atoms. The molecule has 48 valence electrons. The molecule has 1 unspecified atom stereocenters. The van der Waals surface area contributed by atoms with Crippen LogP contribution in [0.2, 0.25) is 0 Å². The second kappa shape index (κ2) is 3.55. The van der Waals surface area contributed by atoms with Gasteiger partial charge in [-0.25, -0.2) is 8.78 Å². The third-order valence-corrected chi connectivity index (χ3v) is 0.560. The summed E-state index contributed by atoms with van der Waals surface area (Å²) in [4.78, 5) is 0. The molecule has 1 atom stereocenters. The van der Waals surface area contributed by atoms with E-state index in [-0.39, 0.29) is 6.04 Å². The van der Waals surface area contributed by atoms with Crippen LogP contribution in [0.15, 0.2) is 12.2 Å². The monoisotopic (exact) mass is 121 g/mol. The average molecular weight is 121 g/mol. The zero-order chi connectivity index (χ0) is 6.57. The molecular formula is C5H9F2N. The van der Waals surface area contributed by atoms with Gasteiger partial charge in [0.2, 0.25) is 0 Å². The highest BCUT2D eigenvalue weighted by molar-refractivity contribution is 4.90. The Hall–Kier alpha value is -0.440. The Balaban J connectivity index is 3.34. The second-order valence-corrected chi connectivity index (χ2v) is 1.58. The Labute approximate surface area is 47.2 Å². The maximum absolute atomic E-state index is 11.3. The van der Waals surface area contributed by atoms with Crippen molar-refractivity contribution in [1.82, 2.24) is 0 Å². The lowest BCUT2D eigenvalue weighted by molar-refractivity contribution is 0.203. The summed E-state index contributed by atoms with van der Waals surface area (Å²) < 4.78 is 22.5. The summed E-state index contributed by atoms with van der Waals surface area (Å²) in [6.45, 7) is 1.64. The summed E-state index contributed by atoms with van der Waals surface area (Å²) in [5.74, 6) is 0. The topological polar surface area (TPSA) is 26.0 Å². The van der Waals surface area contributed by atoms with Crippen LogP contribution in [-0.2, 0) is 0 Å². The first kappa shape index (κ1) is 7.56. The van der Waals surface area contributed by atoms with Crippen LogP contribution in [-0.4, -0.2) is 12.5 Å². The highest BCUT2D eigenvalue weighted by atomic mass is 19.3. The highest BCUT2D eigenvalue weighted by Gasteiger charge is 1.92.